The fourth-order valence-corrected chi connectivity index (χ4v) is 2.59. The Morgan fingerprint density at radius 2 is 1.65 bits per heavy atom. The number of nitrogens with two attached hydrogens (primary N) is 1. The van der Waals surface area contributed by atoms with E-state index >= 15 is 0 Å². The predicted octanol–water partition coefficient (Wildman–Crippen LogP) is 3.93. The largest absolute Gasteiger partial charge is 0.383 e. The highest BCUT2D eigenvalue weighted by molar-refractivity contribution is 9.10. The number of nitrogens with zero attached hydrogens (tertiary/aromatic N) is 2. The summed E-state index contributed by atoms with van der Waals surface area (Å²) in [4.78, 5) is 0. The van der Waals surface area contributed by atoms with Crippen molar-refractivity contribution in [3.8, 4) is 5.69 Å². The molecule has 0 amide bonds. The van der Waals surface area contributed by atoms with Crippen molar-refractivity contribution in [2.24, 2.45) is 0 Å². The third-order valence-corrected chi connectivity index (χ3v) is 3.57. The highest BCUT2D eigenvalue weighted by Crippen LogP contribution is 2.34. The summed E-state index contributed by atoms with van der Waals surface area (Å²) in [5.41, 5.74) is 6.24. The average molecular weight is 348 g/mol. The van der Waals surface area contributed by atoms with Gasteiger partial charge in [-0.2, -0.15) is 5.10 Å². The third kappa shape index (κ3) is 2.42. The van der Waals surface area contributed by atoms with Crippen molar-refractivity contribution in [2.45, 2.75) is 26.2 Å². The van der Waals surface area contributed by atoms with Crippen LogP contribution in [0, 0.1) is 17.5 Å². The standard InChI is InChI=1S/C13H13BrF3N3/c1-13(2,3)11-9(14)12(18)20(19-11)6-4-7(15)10(17)8(16)5-6/h4-5H,18H2,1-3H3. The first kappa shape index (κ1) is 14.9. The summed E-state index contributed by atoms with van der Waals surface area (Å²) in [5, 5.41) is 4.25. The molecule has 1 heterocycles. The van der Waals surface area contributed by atoms with Crippen LogP contribution in [0.15, 0.2) is 16.6 Å². The molecule has 3 nitrogen and oxygen atoms in total. The maximum Gasteiger partial charge on any atom is 0.194 e. The van der Waals surface area contributed by atoms with Crippen molar-refractivity contribution < 1.29 is 13.2 Å². The fourth-order valence-electron chi connectivity index (χ4n) is 1.75. The molecule has 0 saturated carbocycles. The fraction of sp³-hybridized carbons (Fsp3) is 0.308. The lowest BCUT2D eigenvalue weighted by Crippen LogP contribution is -2.13. The van der Waals surface area contributed by atoms with Crippen molar-refractivity contribution in [1.82, 2.24) is 9.78 Å². The molecule has 20 heavy (non-hydrogen) atoms. The average Bonchev–Trinajstić information content (AvgIpc) is 2.62. The zero-order chi connectivity index (χ0) is 15.2. The maximum absolute atomic E-state index is 13.3. The first-order valence-corrected chi connectivity index (χ1v) is 6.61. The molecular formula is C13H13BrF3N3. The summed E-state index contributed by atoms with van der Waals surface area (Å²) in [6, 6.07) is 1.70. The second kappa shape index (κ2) is 4.80. The van der Waals surface area contributed by atoms with Gasteiger partial charge in [0.15, 0.2) is 17.5 Å². The van der Waals surface area contributed by atoms with Crippen LogP contribution in [0.4, 0.5) is 19.0 Å². The summed E-state index contributed by atoms with van der Waals surface area (Å²) in [5.74, 6) is -3.90. The second-order valence-corrected chi connectivity index (χ2v) is 6.23. The lowest BCUT2D eigenvalue weighted by molar-refractivity contribution is 0.446. The molecule has 0 atom stereocenters. The SMILES string of the molecule is CC(C)(C)c1nn(-c2cc(F)c(F)c(F)c2)c(N)c1Br. The number of hydrogen-bond donors (Lipinski definition) is 1. The summed E-state index contributed by atoms with van der Waals surface area (Å²) >= 11 is 3.32. The van der Waals surface area contributed by atoms with Gasteiger partial charge in [0.25, 0.3) is 0 Å². The Bertz CT molecular complexity index is 651. The van der Waals surface area contributed by atoms with Crippen molar-refractivity contribution in [3.63, 3.8) is 0 Å². The zero-order valence-electron chi connectivity index (χ0n) is 11.1. The number of benzene rings is 1. The van der Waals surface area contributed by atoms with Gasteiger partial charge in [0, 0.05) is 17.5 Å². The van der Waals surface area contributed by atoms with Crippen molar-refractivity contribution in [3.05, 3.63) is 39.8 Å². The van der Waals surface area contributed by atoms with Crippen molar-refractivity contribution >= 4 is 21.7 Å². The van der Waals surface area contributed by atoms with Crippen LogP contribution in [0.25, 0.3) is 5.69 Å². The number of anilines is 1. The Hall–Kier alpha value is -1.50. The molecule has 1 aromatic heterocycles. The van der Waals surface area contributed by atoms with E-state index in [9.17, 15) is 13.2 Å². The Balaban J connectivity index is 2.66. The minimum absolute atomic E-state index is 0.0232. The lowest BCUT2D eigenvalue weighted by Gasteiger charge is -2.15. The van der Waals surface area contributed by atoms with Gasteiger partial charge in [-0.15, -0.1) is 0 Å². The number of nitrogen functional groups attached to an aromatic ring is 1. The molecular weight excluding hydrogens is 335 g/mol. The maximum atomic E-state index is 13.3. The number of halogens is 4. The minimum atomic E-state index is -1.52. The van der Waals surface area contributed by atoms with Crippen LogP contribution >= 0.6 is 15.9 Å². The molecule has 0 saturated heterocycles. The Kier molecular flexibility index (Phi) is 3.58. The van der Waals surface area contributed by atoms with Gasteiger partial charge >= 0.3 is 0 Å². The summed E-state index contributed by atoms with van der Waals surface area (Å²) in [6.45, 7) is 5.78. The zero-order valence-corrected chi connectivity index (χ0v) is 12.7. The van der Waals surface area contributed by atoms with Crippen LogP contribution in [0.2, 0.25) is 0 Å². The molecule has 0 aliphatic heterocycles. The number of hydrogen-bond acceptors (Lipinski definition) is 2. The molecule has 0 fully saturated rings. The molecule has 2 aromatic rings. The summed E-state index contributed by atoms with van der Waals surface area (Å²) in [6.07, 6.45) is 0. The van der Waals surface area contributed by atoms with E-state index in [1.54, 1.807) is 0 Å². The monoisotopic (exact) mass is 347 g/mol. The Morgan fingerprint density at radius 3 is 2.05 bits per heavy atom. The van der Waals surface area contributed by atoms with Crippen molar-refractivity contribution in [2.75, 3.05) is 5.73 Å². The van der Waals surface area contributed by atoms with Crippen LogP contribution in [0.1, 0.15) is 26.5 Å². The normalized spacial score (nSPS) is 11.9. The molecule has 108 valence electrons. The highest BCUT2D eigenvalue weighted by Gasteiger charge is 2.25. The molecule has 0 bridgehead atoms. The molecule has 1 aromatic carbocycles. The van der Waals surface area contributed by atoms with E-state index in [2.05, 4.69) is 21.0 Å². The molecule has 2 rings (SSSR count). The first-order valence-electron chi connectivity index (χ1n) is 5.82. The van der Waals surface area contributed by atoms with Gasteiger partial charge in [0.05, 0.1) is 15.9 Å². The molecule has 0 spiro atoms. The van der Waals surface area contributed by atoms with E-state index in [-0.39, 0.29) is 16.9 Å². The van der Waals surface area contributed by atoms with E-state index in [4.69, 9.17) is 5.73 Å². The second-order valence-electron chi connectivity index (χ2n) is 5.43. The highest BCUT2D eigenvalue weighted by atomic mass is 79.9. The molecule has 0 unspecified atom stereocenters. The Labute approximate surface area is 122 Å². The van der Waals surface area contributed by atoms with Crippen LogP contribution in [0.3, 0.4) is 0 Å². The van der Waals surface area contributed by atoms with E-state index < -0.39 is 17.5 Å². The molecule has 0 aliphatic rings. The lowest BCUT2D eigenvalue weighted by atomic mass is 9.92. The van der Waals surface area contributed by atoms with Gasteiger partial charge in [-0.1, -0.05) is 20.8 Å². The van der Waals surface area contributed by atoms with Gasteiger partial charge in [-0.25, -0.2) is 17.9 Å². The van der Waals surface area contributed by atoms with Crippen molar-refractivity contribution in [1.29, 1.82) is 0 Å². The number of aromatic nitrogens is 2. The van der Waals surface area contributed by atoms with Crippen LogP contribution in [-0.4, -0.2) is 9.78 Å². The quantitative estimate of drug-likeness (QED) is 0.794. The van der Waals surface area contributed by atoms with E-state index in [1.165, 1.54) is 4.68 Å². The molecule has 0 aliphatic carbocycles. The van der Waals surface area contributed by atoms with Gasteiger partial charge in [-0.05, 0) is 15.9 Å². The molecule has 2 N–H and O–H groups in total. The predicted molar refractivity (Wildman–Crippen MR) is 74.3 cm³/mol. The topological polar surface area (TPSA) is 43.8 Å². The smallest absolute Gasteiger partial charge is 0.194 e. The van der Waals surface area contributed by atoms with E-state index in [1.807, 2.05) is 20.8 Å². The van der Waals surface area contributed by atoms with Crippen LogP contribution < -0.4 is 5.73 Å². The van der Waals surface area contributed by atoms with Gasteiger partial charge in [-0.3, -0.25) is 0 Å². The van der Waals surface area contributed by atoms with Gasteiger partial charge < -0.3 is 5.73 Å². The van der Waals surface area contributed by atoms with E-state index in [0.29, 0.717) is 10.2 Å². The first-order chi connectivity index (χ1) is 9.12. The van der Waals surface area contributed by atoms with Gasteiger partial charge in [0.1, 0.15) is 5.82 Å². The summed E-state index contributed by atoms with van der Waals surface area (Å²) < 4.78 is 41.3. The Morgan fingerprint density at radius 1 is 1.15 bits per heavy atom. The van der Waals surface area contributed by atoms with E-state index in [0.717, 1.165) is 12.1 Å². The summed E-state index contributed by atoms with van der Waals surface area (Å²) in [7, 11) is 0. The number of rotatable bonds is 1. The van der Waals surface area contributed by atoms with Crippen LogP contribution in [0.5, 0.6) is 0 Å². The third-order valence-electron chi connectivity index (χ3n) is 2.78. The van der Waals surface area contributed by atoms with Crippen LogP contribution in [-0.2, 0) is 5.41 Å². The molecule has 0 radical (unpaired) electrons. The van der Waals surface area contributed by atoms with Gasteiger partial charge in [0.2, 0.25) is 0 Å². The molecule has 7 heteroatoms. The minimum Gasteiger partial charge on any atom is -0.383 e.